The fourth-order valence-corrected chi connectivity index (χ4v) is 0.717. The van der Waals surface area contributed by atoms with Crippen LogP contribution in [0.2, 0.25) is 0 Å². The van der Waals surface area contributed by atoms with Gasteiger partial charge in [-0.1, -0.05) is 0 Å². The van der Waals surface area contributed by atoms with Gasteiger partial charge in [-0.3, -0.25) is 4.79 Å². The van der Waals surface area contributed by atoms with Gasteiger partial charge >= 0.3 is 0 Å². The molecule has 12 heavy (non-hydrogen) atoms. The Hall–Kier alpha value is -0.410. The number of piperidine rings is 1. The van der Waals surface area contributed by atoms with Crippen molar-refractivity contribution < 1.29 is 31.9 Å². The van der Waals surface area contributed by atoms with Gasteiger partial charge in [0.1, 0.15) is 5.78 Å². The molecule has 0 aliphatic carbocycles. The van der Waals surface area contributed by atoms with Gasteiger partial charge in [0.05, 0.1) is 0 Å². The highest BCUT2D eigenvalue weighted by atomic mass is 16.5. The summed E-state index contributed by atoms with van der Waals surface area (Å²) in [4.78, 5) is 12.6. The van der Waals surface area contributed by atoms with Gasteiger partial charge in [-0.15, -0.1) is 0 Å². The number of ketones is 1. The van der Waals surface area contributed by atoms with Crippen molar-refractivity contribution in [3.63, 3.8) is 0 Å². The highest BCUT2D eigenvalue weighted by Gasteiger charge is 2.44. The molecule has 0 atom stereocenters. The monoisotopic (exact) mass is 187 g/mol. The summed E-state index contributed by atoms with van der Waals surface area (Å²) in [6.07, 6.45) is -8.50. The molecule has 0 saturated carbocycles. The van der Waals surface area contributed by atoms with Gasteiger partial charge in [-0.2, -0.15) is 5.06 Å². The van der Waals surface area contributed by atoms with E-state index < -0.39 is 62.1 Å². The predicted molar refractivity (Wildman–Crippen MR) is 46.0 cm³/mol. The van der Waals surface area contributed by atoms with E-state index in [0.717, 1.165) is 0 Å². The number of hydroxylamine groups is 2. The van der Waals surface area contributed by atoms with Crippen LogP contribution in [0.4, 0.5) is 0 Å². The van der Waals surface area contributed by atoms with Crippen LogP contribution in [0.15, 0.2) is 0 Å². The average molecular weight is 187 g/mol. The Balaban J connectivity index is 4.41. The zero-order valence-corrected chi connectivity index (χ0v) is 5.80. The minimum atomic E-state index is -4.40. The molecule has 0 bridgehead atoms. The highest BCUT2D eigenvalue weighted by molar-refractivity contribution is 5.81. The maximum Gasteiger partial charge on any atom is 0.136 e. The van der Waals surface area contributed by atoms with E-state index in [0.29, 0.717) is 0 Å². The van der Waals surface area contributed by atoms with Crippen molar-refractivity contribution in [2.45, 2.75) is 51.2 Å². The molecule has 3 nitrogen and oxygen atoms in total. The summed E-state index contributed by atoms with van der Waals surface area (Å²) in [5.74, 6) is -2.54. The lowest BCUT2D eigenvalue weighted by atomic mass is 9.81. The van der Waals surface area contributed by atoms with E-state index in [9.17, 15) is 10.0 Å². The quantitative estimate of drug-likeness (QED) is 0.626. The molecule has 0 aromatic rings. The van der Waals surface area contributed by atoms with Gasteiger partial charge in [0.25, 0.3) is 0 Å². The second kappa shape index (κ2) is 2.54. The maximum absolute atomic E-state index is 12.6. The normalized spacial score (nSPS) is 61.2. The smallest absolute Gasteiger partial charge is 0.136 e. The van der Waals surface area contributed by atoms with E-state index >= 15 is 0 Å². The Labute approximate surface area is 95.8 Å². The highest BCUT2D eigenvalue weighted by Crippen LogP contribution is 2.34. The van der Waals surface area contributed by atoms with Crippen LogP contribution in [0.5, 0.6) is 0 Å². The summed E-state index contributed by atoms with van der Waals surface area (Å²) in [6, 6.07) is 0. The van der Waals surface area contributed by atoms with Crippen molar-refractivity contribution >= 4 is 5.78 Å². The molecule has 1 heterocycles. The lowest BCUT2D eigenvalue weighted by molar-refractivity contribution is -0.236. The molecule has 1 saturated heterocycles. The van der Waals surface area contributed by atoms with Crippen LogP contribution in [0.25, 0.3) is 0 Å². The fraction of sp³-hybridized carbons (Fsp3) is 0.889. The van der Waals surface area contributed by atoms with E-state index in [2.05, 4.69) is 0 Å². The first kappa shape index (κ1) is 1.71. The topological polar surface area (TPSA) is 40.5 Å². The lowest BCUT2D eigenvalue weighted by Gasteiger charge is -2.47. The third-order valence-corrected chi connectivity index (χ3v) is 1.22. The minimum Gasteiger partial charge on any atom is -0.313 e. The number of hydrogen-bond donors (Lipinski definition) is 1. The summed E-state index contributed by atoms with van der Waals surface area (Å²) < 4.78 is 121. The van der Waals surface area contributed by atoms with Crippen LogP contribution < -0.4 is 0 Å². The number of carbonyl (C=O) groups is 1. The first-order valence-electron chi connectivity index (χ1n) is 10.9. The predicted octanol–water partition coefficient (Wildman–Crippen LogP) is 1.60. The summed E-state index contributed by atoms with van der Waals surface area (Å²) in [7, 11) is 0. The van der Waals surface area contributed by atoms with Gasteiger partial charge in [0, 0.05) is 45.8 Å². The van der Waals surface area contributed by atoms with Gasteiger partial charge in [0.2, 0.25) is 0 Å². The Bertz CT molecular complexity index is 569. The molecule has 1 aliphatic rings. The largest absolute Gasteiger partial charge is 0.313 e. The Morgan fingerprint density at radius 2 is 1.83 bits per heavy atom. The van der Waals surface area contributed by atoms with Crippen molar-refractivity contribution in [2.24, 2.45) is 0 Å². The summed E-state index contributed by atoms with van der Waals surface area (Å²) in [5, 5.41) is 9.32. The van der Waals surface area contributed by atoms with E-state index in [1.165, 1.54) is 0 Å². The zero-order chi connectivity index (χ0) is 23.2. The summed E-state index contributed by atoms with van der Waals surface area (Å²) in [6.45, 7) is -16.8. The molecule has 0 radical (unpaired) electrons. The second-order valence-electron chi connectivity index (χ2n) is 2.31. The van der Waals surface area contributed by atoms with Crippen molar-refractivity contribution in [3.8, 4) is 0 Å². The minimum absolute atomic E-state index is 1.30. The molecule has 0 aromatic carbocycles. The van der Waals surface area contributed by atoms with Crippen LogP contribution in [0.3, 0.4) is 0 Å². The molecule has 0 amide bonds. The van der Waals surface area contributed by atoms with Crippen LogP contribution in [-0.2, 0) is 4.79 Å². The van der Waals surface area contributed by atoms with E-state index in [1.807, 2.05) is 0 Å². The molecule has 1 rings (SSSR count). The number of hydrogen-bond acceptors (Lipinski definition) is 3. The first-order chi connectivity index (χ1) is 11.8. The van der Waals surface area contributed by atoms with Crippen molar-refractivity contribution in [3.05, 3.63) is 0 Å². The van der Waals surface area contributed by atoms with E-state index in [1.54, 1.807) is 0 Å². The maximum atomic E-state index is 12.6. The number of rotatable bonds is 0. The fourth-order valence-electron chi connectivity index (χ4n) is 0.717. The standard InChI is InChI=1S/C9H17NO2/c1-8(2)5-7(11)6-9(3,4)10(8)12/h12H,5-6H2,1-4H3/i1D3,2D3,3D3,4D3,5D2,6D2. The Morgan fingerprint density at radius 3 is 2.17 bits per heavy atom. The third kappa shape index (κ3) is 1.52. The van der Waals surface area contributed by atoms with Crippen LogP contribution in [0, 0.1) is 0 Å². The molecule has 1 fully saturated rings. The van der Waals surface area contributed by atoms with Crippen LogP contribution in [0.1, 0.15) is 62.1 Å². The van der Waals surface area contributed by atoms with Crippen molar-refractivity contribution in [1.29, 1.82) is 0 Å². The first-order valence-corrected chi connectivity index (χ1v) is 2.85. The SMILES string of the molecule is [2H]C([2H])([2H])C1(C([2H])([2H])[2H])N(O)C(C([2H])([2H])[2H])(C([2H])([2H])[2H])C([2H])([2H])C(=O)C1([2H])[2H]. The second-order valence-corrected chi connectivity index (χ2v) is 2.31. The number of Topliss-reactive ketones (excluding diaryl/α,β-unsaturated/α-hetero) is 1. The molecule has 0 unspecified atom stereocenters. The van der Waals surface area contributed by atoms with Gasteiger partial charge in [0.15, 0.2) is 0 Å². The zero-order valence-electron chi connectivity index (χ0n) is 21.8. The van der Waals surface area contributed by atoms with Gasteiger partial charge in [-0.05, 0) is 27.4 Å². The Morgan fingerprint density at radius 1 is 1.42 bits per heavy atom. The average Bonchev–Trinajstić information content (AvgIpc) is 2.28. The molecule has 0 aromatic heterocycles. The molecule has 1 aliphatic heterocycles. The van der Waals surface area contributed by atoms with Gasteiger partial charge < -0.3 is 5.21 Å². The summed E-state index contributed by atoms with van der Waals surface area (Å²) >= 11 is 0. The number of carbonyl (C=O) groups excluding carboxylic acids is 1. The molecular formula is C9H17NO2. The molecule has 1 N–H and O–H groups in total. The molecular weight excluding hydrogens is 154 g/mol. The number of nitrogens with zero attached hydrogens (tertiary/aromatic N) is 1. The van der Waals surface area contributed by atoms with Gasteiger partial charge in [-0.25, -0.2) is 0 Å². The van der Waals surface area contributed by atoms with E-state index in [-0.39, 0.29) is 0 Å². The molecule has 3 heteroatoms. The third-order valence-electron chi connectivity index (χ3n) is 1.22. The summed E-state index contributed by atoms with van der Waals surface area (Å²) in [5.41, 5.74) is -8.81. The van der Waals surface area contributed by atoms with E-state index in [4.69, 9.17) is 21.9 Å². The van der Waals surface area contributed by atoms with Crippen LogP contribution in [-0.4, -0.2) is 27.1 Å². The van der Waals surface area contributed by atoms with Crippen LogP contribution >= 0.6 is 0 Å². The molecule has 70 valence electrons. The Kier molecular flexibility index (Phi) is 0.361. The van der Waals surface area contributed by atoms with Crippen molar-refractivity contribution in [2.75, 3.05) is 0 Å². The lowest BCUT2D eigenvalue weighted by Crippen LogP contribution is -2.59. The van der Waals surface area contributed by atoms with Crippen molar-refractivity contribution in [1.82, 2.24) is 5.06 Å². The molecule has 0 spiro atoms.